The van der Waals surface area contributed by atoms with E-state index in [0.29, 0.717) is 5.69 Å². The molecule has 1 aromatic heterocycles. The molecule has 0 aliphatic carbocycles. The van der Waals surface area contributed by atoms with Gasteiger partial charge in [0.25, 0.3) is 0 Å². The molecule has 0 aliphatic heterocycles. The first-order chi connectivity index (χ1) is 7.95. The van der Waals surface area contributed by atoms with Crippen LogP contribution in [0.15, 0.2) is 0 Å². The Kier molecular flexibility index (Phi) is 4.22. The average Bonchev–Trinajstić information content (AvgIpc) is 2.57. The van der Waals surface area contributed by atoms with E-state index in [1.165, 1.54) is 0 Å². The van der Waals surface area contributed by atoms with Crippen LogP contribution in [0.5, 0.6) is 0 Å². The molecule has 7 heteroatoms. The van der Waals surface area contributed by atoms with Crippen LogP contribution in [0.2, 0.25) is 0 Å². The lowest BCUT2D eigenvalue weighted by atomic mass is 10.1. The van der Waals surface area contributed by atoms with E-state index >= 15 is 0 Å². The summed E-state index contributed by atoms with van der Waals surface area (Å²) in [5, 5.41) is 26.3. The number of aromatic amines is 1. The van der Waals surface area contributed by atoms with Crippen LogP contribution in [0.3, 0.4) is 0 Å². The van der Waals surface area contributed by atoms with Crippen molar-refractivity contribution in [3.05, 3.63) is 17.0 Å². The van der Waals surface area contributed by atoms with Crippen LogP contribution in [0, 0.1) is 13.8 Å². The summed E-state index contributed by atoms with van der Waals surface area (Å²) >= 11 is 0. The Balaban J connectivity index is 2.64. The lowest BCUT2D eigenvalue weighted by Gasteiger charge is -2.11. The number of nitrogens with one attached hydrogen (secondary N) is 2. The van der Waals surface area contributed by atoms with Crippen molar-refractivity contribution in [1.29, 1.82) is 0 Å². The third-order valence-electron chi connectivity index (χ3n) is 2.43. The van der Waals surface area contributed by atoms with E-state index < -0.39 is 24.5 Å². The third-order valence-corrected chi connectivity index (χ3v) is 2.43. The molecule has 1 atom stereocenters. The molecule has 1 heterocycles. The summed E-state index contributed by atoms with van der Waals surface area (Å²) < 4.78 is 0. The second-order valence-electron chi connectivity index (χ2n) is 3.73. The second kappa shape index (κ2) is 5.44. The van der Waals surface area contributed by atoms with Crippen molar-refractivity contribution in [1.82, 2.24) is 15.5 Å². The molecule has 0 aromatic carbocycles. The Morgan fingerprint density at radius 1 is 1.47 bits per heavy atom. The van der Waals surface area contributed by atoms with Gasteiger partial charge in [0.1, 0.15) is 6.04 Å². The largest absolute Gasteiger partial charge is 0.480 e. The molecule has 0 saturated heterocycles. The maximum absolute atomic E-state index is 11.6. The minimum atomic E-state index is -1.27. The van der Waals surface area contributed by atoms with Crippen LogP contribution in [-0.4, -0.2) is 44.9 Å². The highest BCUT2D eigenvalue weighted by Crippen LogP contribution is 2.09. The number of aliphatic carboxylic acids is 1. The Bertz CT molecular complexity index is 408. The number of aromatic nitrogens is 2. The molecular weight excluding hydrogens is 226 g/mol. The van der Waals surface area contributed by atoms with Crippen molar-refractivity contribution in [2.45, 2.75) is 26.3 Å². The fourth-order valence-corrected chi connectivity index (χ4v) is 1.43. The number of hydrogen-bond donors (Lipinski definition) is 4. The molecule has 17 heavy (non-hydrogen) atoms. The van der Waals surface area contributed by atoms with E-state index in [2.05, 4.69) is 15.5 Å². The lowest BCUT2D eigenvalue weighted by molar-refractivity contribution is -0.142. The third kappa shape index (κ3) is 3.28. The summed E-state index contributed by atoms with van der Waals surface area (Å²) in [6.45, 7) is 2.90. The number of nitrogens with zero attached hydrogens (tertiary/aromatic N) is 1. The summed E-state index contributed by atoms with van der Waals surface area (Å²) in [4.78, 5) is 22.2. The van der Waals surface area contributed by atoms with Crippen LogP contribution >= 0.6 is 0 Å². The minimum absolute atomic E-state index is 0.0396. The first-order valence-corrected chi connectivity index (χ1v) is 5.09. The SMILES string of the molecule is Cc1n[nH]c(C)c1CC(=O)N[C@@H](CO)C(=O)O. The standard InChI is InChI=1S/C10H15N3O4/c1-5-7(6(2)13-12-5)3-9(15)11-8(4-14)10(16)17/h8,14H,3-4H2,1-2H3,(H,11,15)(H,12,13)(H,16,17)/t8-/m0/s1. The monoisotopic (exact) mass is 241 g/mol. The lowest BCUT2D eigenvalue weighted by Crippen LogP contribution is -2.44. The highest BCUT2D eigenvalue weighted by molar-refractivity contribution is 5.85. The van der Waals surface area contributed by atoms with Crippen molar-refractivity contribution >= 4 is 11.9 Å². The van der Waals surface area contributed by atoms with E-state index in [-0.39, 0.29) is 6.42 Å². The topological polar surface area (TPSA) is 115 Å². The molecule has 1 rings (SSSR count). The van der Waals surface area contributed by atoms with Gasteiger partial charge in [-0.15, -0.1) is 0 Å². The molecule has 0 aliphatic rings. The highest BCUT2D eigenvalue weighted by atomic mass is 16.4. The van der Waals surface area contributed by atoms with E-state index in [9.17, 15) is 9.59 Å². The molecule has 1 aromatic rings. The van der Waals surface area contributed by atoms with E-state index in [1.807, 2.05) is 0 Å². The Labute approximate surface area is 97.8 Å². The number of carboxylic acid groups (broad SMARTS) is 1. The zero-order chi connectivity index (χ0) is 13.0. The molecule has 7 nitrogen and oxygen atoms in total. The van der Waals surface area contributed by atoms with Gasteiger partial charge in [-0.3, -0.25) is 9.89 Å². The van der Waals surface area contributed by atoms with Gasteiger partial charge in [-0.2, -0.15) is 5.10 Å². The fraction of sp³-hybridized carbons (Fsp3) is 0.500. The van der Waals surface area contributed by atoms with Crippen LogP contribution in [0.1, 0.15) is 17.0 Å². The number of carbonyl (C=O) groups is 2. The van der Waals surface area contributed by atoms with Crippen molar-refractivity contribution in [3.63, 3.8) is 0 Å². The number of amides is 1. The van der Waals surface area contributed by atoms with Gasteiger partial charge < -0.3 is 15.5 Å². The number of H-pyrrole nitrogens is 1. The molecule has 0 fully saturated rings. The number of hydrogen-bond acceptors (Lipinski definition) is 4. The Hall–Kier alpha value is -1.89. The quantitative estimate of drug-likeness (QED) is 0.535. The van der Waals surface area contributed by atoms with Crippen LogP contribution in [0.4, 0.5) is 0 Å². The number of carboxylic acids is 1. The van der Waals surface area contributed by atoms with Crippen molar-refractivity contribution in [2.75, 3.05) is 6.61 Å². The number of aliphatic hydroxyl groups is 1. The molecule has 0 unspecified atom stereocenters. The van der Waals surface area contributed by atoms with Crippen LogP contribution in [0.25, 0.3) is 0 Å². The van der Waals surface area contributed by atoms with Gasteiger partial charge in [0.2, 0.25) is 5.91 Å². The maximum atomic E-state index is 11.6. The summed E-state index contributed by atoms with van der Waals surface area (Å²) in [5.41, 5.74) is 2.21. The normalized spacial score (nSPS) is 12.2. The van der Waals surface area contributed by atoms with Crippen molar-refractivity contribution < 1.29 is 19.8 Å². The smallest absolute Gasteiger partial charge is 0.328 e. The van der Waals surface area contributed by atoms with Crippen molar-refractivity contribution in [3.8, 4) is 0 Å². The second-order valence-corrected chi connectivity index (χ2v) is 3.73. The van der Waals surface area contributed by atoms with Gasteiger partial charge in [-0.05, 0) is 13.8 Å². The Morgan fingerprint density at radius 3 is 2.53 bits per heavy atom. The Morgan fingerprint density at radius 2 is 2.12 bits per heavy atom. The fourth-order valence-electron chi connectivity index (χ4n) is 1.43. The molecule has 4 N–H and O–H groups in total. The van der Waals surface area contributed by atoms with Gasteiger partial charge >= 0.3 is 5.97 Å². The molecule has 0 saturated carbocycles. The zero-order valence-corrected chi connectivity index (χ0v) is 9.65. The zero-order valence-electron chi connectivity index (χ0n) is 9.65. The minimum Gasteiger partial charge on any atom is -0.480 e. The summed E-state index contributed by atoms with van der Waals surface area (Å²) in [6, 6.07) is -1.27. The van der Waals surface area contributed by atoms with Crippen LogP contribution in [-0.2, 0) is 16.0 Å². The summed E-state index contributed by atoms with van der Waals surface area (Å²) in [5.74, 6) is -1.72. The first kappa shape index (κ1) is 13.2. The number of aliphatic hydroxyl groups excluding tert-OH is 1. The van der Waals surface area contributed by atoms with Gasteiger partial charge in [0, 0.05) is 11.3 Å². The van der Waals surface area contributed by atoms with E-state index in [0.717, 1.165) is 11.3 Å². The van der Waals surface area contributed by atoms with E-state index in [4.69, 9.17) is 10.2 Å². The van der Waals surface area contributed by atoms with Gasteiger partial charge in [0.05, 0.1) is 18.7 Å². The van der Waals surface area contributed by atoms with Gasteiger partial charge in [-0.25, -0.2) is 4.79 Å². The van der Waals surface area contributed by atoms with Crippen LogP contribution < -0.4 is 5.32 Å². The van der Waals surface area contributed by atoms with Gasteiger partial charge in [0.15, 0.2) is 0 Å². The van der Waals surface area contributed by atoms with E-state index in [1.54, 1.807) is 13.8 Å². The maximum Gasteiger partial charge on any atom is 0.328 e. The average molecular weight is 241 g/mol. The molecular formula is C10H15N3O4. The number of carbonyl (C=O) groups excluding carboxylic acids is 1. The molecule has 0 bridgehead atoms. The summed E-state index contributed by atoms with van der Waals surface area (Å²) in [7, 11) is 0. The molecule has 0 radical (unpaired) electrons. The first-order valence-electron chi connectivity index (χ1n) is 5.09. The number of rotatable bonds is 5. The van der Waals surface area contributed by atoms with Gasteiger partial charge in [-0.1, -0.05) is 0 Å². The molecule has 94 valence electrons. The predicted molar refractivity (Wildman–Crippen MR) is 58.4 cm³/mol. The molecule has 0 spiro atoms. The predicted octanol–water partition coefficient (Wildman–Crippen LogP) is -0.869. The highest BCUT2D eigenvalue weighted by Gasteiger charge is 2.20. The molecule has 1 amide bonds. The van der Waals surface area contributed by atoms with Crippen molar-refractivity contribution in [2.24, 2.45) is 0 Å². The number of aryl methyl sites for hydroxylation is 2. The summed E-state index contributed by atoms with van der Waals surface area (Å²) in [6.07, 6.45) is 0.0396.